The van der Waals surface area contributed by atoms with E-state index in [-0.39, 0.29) is 17.5 Å². The summed E-state index contributed by atoms with van der Waals surface area (Å²) in [5, 5.41) is 3.45. The van der Waals surface area contributed by atoms with E-state index in [0.717, 1.165) is 34.2 Å². The molecular weight excluding hydrogens is 436 g/mol. The van der Waals surface area contributed by atoms with Crippen molar-refractivity contribution < 1.29 is 4.79 Å². The molecule has 2 aromatic carbocycles. The molecule has 29 heavy (non-hydrogen) atoms. The van der Waals surface area contributed by atoms with Crippen LogP contribution >= 0.6 is 15.9 Å². The number of carbonyl (C=O) groups excluding carboxylic acids is 1. The first-order valence-corrected chi connectivity index (χ1v) is 10.3. The summed E-state index contributed by atoms with van der Waals surface area (Å²) in [5.41, 5.74) is 1.08. The van der Waals surface area contributed by atoms with Crippen LogP contribution in [0.25, 0.3) is 10.9 Å². The zero-order valence-electron chi connectivity index (χ0n) is 15.9. The Bertz CT molecular complexity index is 1200. The highest BCUT2D eigenvalue weighted by Gasteiger charge is 2.25. The number of anilines is 1. The second-order valence-corrected chi connectivity index (χ2v) is 7.95. The van der Waals surface area contributed by atoms with E-state index in [1.165, 1.54) is 0 Å². The number of rotatable bonds is 4. The Labute approximate surface area is 175 Å². The number of amides is 1. The van der Waals surface area contributed by atoms with Gasteiger partial charge in [-0.2, -0.15) is 0 Å². The number of para-hydroxylation sites is 1. The number of H-pyrrole nitrogens is 1. The Hall–Kier alpha value is -2.87. The van der Waals surface area contributed by atoms with Crippen molar-refractivity contribution in [1.29, 1.82) is 0 Å². The van der Waals surface area contributed by atoms with E-state index >= 15 is 0 Å². The first kappa shape index (κ1) is 19.4. The Balaban J connectivity index is 1.52. The first-order valence-electron chi connectivity index (χ1n) is 9.55. The van der Waals surface area contributed by atoms with Crippen LogP contribution < -0.4 is 21.5 Å². The van der Waals surface area contributed by atoms with Crippen LogP contribution in [0.15, 0.2) is 56.5 Å². The maximum atomic E-state index is 12.7. The van der Waals surface area contributed by atoms with Crippen molar-refractivity contribution in [2.75, 3.05) is 18.0 Å². The highest BCUT2D eigenvalue weighted by Crippen LogP contribution is 2.28. The summed E-state index contributed by atoms with van der Waals surface area (Å²) >= 11 is 3.57. The van der Waals surface area contributed by atoms with Gasteiger partial charge in [0, 0.05) is 35.7 Å². The Morgan fingerprint density at radius 3 is 2.79 bits per heavy atom. The molecule has 1 unspecified atom stereocenters. The fourth-order valence-electron chi connectivity index (χ4n) is 3.76. The van der Waals surface area contributed by atoms with E-state index in [2.05, 4.69) is 37.2 Å². The lowest BCUT2D eigenvalue weighted by Gasteiger charge is -2.20. The molecule has 1 amide bonds. The van der Waals surface area contributed by atoms with Crippen molar-refractivity contribution in [2.45, 2.75) is 25.9 Å². The molecule has 8 heteroatoms. The van der Waals surface area contributed by atoms with E-state index in [0.29, 0.717) is 23.0 Å². The van der Waals surface area contributed by atoms with Crippen LogP contribution in [0.1, 0.15) is 23.7 Å². The molecule has 0 bridgehead atoms. The maximum absolute atomic E-state index is 12.7. The number of nitrogens with zero attached hydrogens (tertiary/aromatic N) is 2. The molecule has 0 radical (unpaired) electrons. The molecule has 1 aliphatic rings. The minimum atomic E-state index is -0.470. The van der Waals surface area contributed by atoms with E-state index in [9.17, 15) is 14.4 Å². The average molecular weight is 457 g/mol. The number of nitrogens with one attached hydrogen (secondary N) is 2. The van der Waals surface area contributed by atoms with Gasteiger partial charge in [-0.1, -0.05) is 12.1 Å². The van der Waals surface area contributed by atoms with E-state index in [1.54, 1.807) is 25.1 Å². The number of aromatic nitrogens is 2. The monoisotopic (exact) mass is 456 g/mol. The number of hydrogen-bond donors (Lipinski definition) is 2. The van der Waals surface area contributed by atoms with Gasteiger partial charge < -0.3 is 15.2 Å². The van der Waals surface area contributed by atoms with Crippen molar-refractivity contribution in [2.24, 2.45) is 0 Å². The highest BCUT2D eigenvalue weighted by molar-refractivity contribution is 9.10. The molecule has 2 N–H and O–H groups in total. The number of aromatic amines is 1. The predicted molar refractivity (Wildman–Crippen MR) is 117 cm³/mol. The third-order valence-electron chi connectivity index (χ3n) is 5.28. The summed E-state index contributed by atoms with van der Waals surface area (Å²) in [4.78, 5) is 42.1. The van der Waals surface area contributed by atoms with Gasteiger partial charge in [-0.25, -0.2) is 4.79 Å². The highest BCUT2D eigenvalue weighted by atomic mass is 79.9. The van der Waals surface area contributed by atoms with Crippen LogP contribution in [-0.4, -0.2) is 34.6 Å². The van der Waals surface area contributed by atoms with Crippen molar-refractivity contribution in [3.05, 3.63) is 73.3 Å². The standard InChI is InChI=1S/C21H21BrN4O3/c1-2-26-20(28)15-8-7-13(11-17(15)24-21(26)29)19(27)23-14-9-10-25(12-14)18-6-4-3-5-16(18)22/h3-8,11,14H,2,9-10,12H2,1H3,(H,23,27)(H,24,29). The summed E-state index contributed by atoms with van der Waals surface area (Å²) in [6.07, 6.45) is 0.846. The molecule has 1 aromatic heterocycles. The predicted octanol–water partition coefficient (Wildman–Crippen LogP) is 2.48. The molecule has 4 rings (SSSR count). The van der Waals surface area contributed by atoms with Gasteiger partial charge >= 0.3 is 5.69 Å². The fourth-order valence-corrected chi connectivity index (χ4v) is 4.29. The van der Waals surface area contributed by atoms with Gasteiger partial charge in [-0.05, 0) is 59.6 Å². The maximum Gasteiger partial charge on any atom is 0.328 e. The molecular formula is C21H21BrN4O3. The third kappa shape index (κ3) is 3.72. The number of carbonyl (C=O) groups is 1. The summed E-state index contributed by atoms with van der Waals surface area (Å²) < 4.78 is 2.17. The molecule has 1 aliphatic heterocycles. The molecule has 150 valence electrons. The summed E-state index contributed by atoms with van der Waals surface area (Å²) in [6, 6.07) is 12.8. The molecule has 1 fully saturated rings. The Morgan fingerprint density at radius 1 is 1.24 bits per heavy atom. The summed E-state index contributed by atoms with van der Waals surface area (Å²) in [5.74, 6) is -0.216. The van der Waals surface area contributed by atoms with Gasteiger partial charge in [0.25, 0.3) is 11.5 Å². The molecule has 1 saturated heterocycles. The van der Waals surface area contributed by atoms with Crippen molar-refractivity contribution in [3.8, 4) is 0 Å². The Kier molecular flexibility index (Phi) is 5.27. The van der Waals surface area contributed by atoms with Crippen molar-refractivity contribution >= 4 is 38.4 Å². The first-order chi connectivity index (χ1) is 14.0. The van der Waals surface area contributed by atoms with Crippen LogP contribution in [0.3, 0.4) is 0 Å². The number of hydrogen-bond acceptors (Lipinski definition) is 4. The van der Waals surface area contributed by atoms with Crippen LogP contribution in [-0.2, 0) is 6.54 Å². The van der Waals surface area contributed by atoms with Gasteiger partial charge in [0.1, 0.15) is 0 Å². The van der Waals surface area contributed by atoms with Crippen molar-refractivity contribution in [1.82, 2.24) is 14.9 Å². The number of benzene rings is 2. The number of halogens is 1. The van der Waals surface area contributed by atoms with E-state index < -0.39 is 5.69 Å². The zero-order chi connectivity index (χ0) is 20.5. The van der Waals surface area contributed by atoms with Gasteiger partial charge in [-0.15, -0.1) is 0 Å². The van der Waals surface area contributed by atoms with Crippen LogP contribution in [0.2, 0.25) is 0 Å². The van der Waals surface area contributed by atoms with Gasteiger partial charge in [0.15, 0.2) is 0 Å². The molecule has 1 atom stereocenters. The smallest absolute Gasteiger partial charge is 0.328 e. The SMILES string of the molecule is CCn1c(=O)[nH]c2cc(C(=O)NC3CCN(c4ccccc4Br)C3)ccc2c1=O. The quantitative estimate of drug-likeness (QED) is 0.631. The van der Waals surface area contributed by atoms with Crippen molar-refractivity contribution in [3.63, 3.8) is 0 Å². The van der Waals surface area contributed by atoms with Crippen LogP contribution in [0, 0.1) is 0 Å². The van der Waals surface area contributed by atoms with Gasteiger partial charge in [0.2, 0.25) is 0 Å². The van der Waals surface area contributed by atoms with E-state index in [4.69, 9.17) is 0 Å². The second kappa shape index (κ2) is 7.87. The fraction of sp³-hybridized carbons (Fsp3) is 0.286. The van der Waals surface area contributed by atoms with Crippen LogP contribution in [0.4, 0.5) is 5.69 Å². The molecule has 3 aromatic rings. The van der Waals surface area contributed by atoms with Gasteiger partial charge in [0.05, 0.1) is 16.6 Å². The molecule has 0 spiro atoms. The lowest BCUT2D eigenvalue weighted by molar-refractivity contribution is 0.0940. The minimum absolute atomic E-state index is 0.0254. The summed E-state index contributed by atoms with van der Waals surface area (Å²) in [6.45, 7) is 3.61. The third-order valence-corrected chi connectivity index (χ3v) is 5.95. The zero-order valence-corrected chi connectivity index (χ0v) is 17.5. The largest absolute Gasteiger partial charge is 0.368 e. The lowest BCUT2D eigenvalue weighted by Crippen LogP contribution is -2.37. The van der Waals surface area contributed by atoms with E-state index in [1.807, 2.05) is 18.2 Å². The Morgan fingerprint density at radius 2 is 2.03 bits per heavy atom. The average Bonchev–Trinajstić information content (AvgIpc) is 3.16. The summed E-state index contributed by atoms with van der Waals surface area (Å²) in [7, 11) is 0. The molecule has 0 saturated carbocycles. The van der Waals surface area contributed by atoms with Crippen LogP contribution in [0.5, 0.6) is 0 Å². The second-order valence-electron chi connectivity index (χ2n) is 7.10. The normalized spacial score (nSPS) is 16.3. The topological polar surface area (TPSA) is 87.2 Å². The number of fused-ring (bicyclic) bond motifs is 1. The minimum Gasteiger partial charge on any atom is -0.368 e. The molecule has 7 nitrogen and oxygen atoms in total. The van der Waals surface area contributed by atoms with Gasteiger partial charge in [-0.3, -0.25) is 14.2 Å². The molecule has 0 aliphatic carbocycles. The molecule has 2 heterocycles. The lowest BCUT2D eigenvalue weighted by atomic mass is 10.1.